The highest BCUT2D eigenvalue weighted by molar-refractivity contribution is 5.44. The van der Waals surface area contributed by atoms with E-state index in [1.807, 2.05) is 11.6 Å². The van der Waals surface area contributed by atoms with E-state index in [9.17, 15) is 4.79 Å². The second-order valence-electron chi connectivity index (χ2n) is 3.13. The number of imidazole rings is 1. The van der Waals surface area contributed by atoms with Gasteiger partial charge in [0, 0.05) is 13.1 Å². The first kappa shape index (κ1) is 8.16. The van der Waals surface area contributed by atoms with Gasteiger partial charge in [-0.25, -0.2) is 9.78 Å². The van der Waals surface area contributed by atoms with Crippen LogP contribution in [0.1, 0.15) is 5.82 Å². The SMILES string of the molecule is CN1CCn2c(N=C=O)cnc2C1. The van der Waals surface area contributed by atoms with Gasteiger partial charge in [0.05, 0.1) is 12.7 Å². The number of nitrogens with zero attached hydrogens (tertiary/aromatic N) is 4. The van der Waals surface area contributed by atoms with Gasteiger partial charge in [-0.15, -0.1) is 4.99 Å². The topological polar surface area (TPSA) is 50.5 Å². The molecular weight excluding hydrogens is 168 g/mol. The minimum absolute atomic E-state index is 0.609. The van der Waals surface area contributed by atoms with Gasteiger partial charge in [0.1, 0.15) is 5.82 Å². The van der Waals surface area contributed by atoms with E-state index in [-0.39, 0.29) is 0 Å². The lowest BCUT2D eigenvalue weighted by Gasteiger charge is -2.23. The summed E-state index contributed by atoms with van der Waals surface area (Å²) < 4.78 is 1.95. The van der Waals surface area contributed by atoms with Gasteiger partial charge in [0.15, 0.2) is 5.82 Å². The third kappa shape index (κ3) is 1.39. The fraction of sp³-hybridized carbons (Fsp3) is 0.500. The molecular formula is C8H10N4O. The summed E-state index contributed by atoms with van der Waals surface area (Å²) in [5, 5.41) is 0. The molecule has 1 aliphatic rings. The van der Waals surface area contributed by atoms with Gasteiger partial charge in [-0.2, -0.15) is 0 Å². The van der Waals surface area contributed by atoms with Crippen molar-refractivity contribution in [1.29, 1.82) is 0 Å². The maximum absolute atomic E-state index is 10.1. The van der Waals surface area contributed by atoms with Gasteiger partial charge in [-0.3, -0.25) is 4.90 Å². The van der Waals surface area contributed by atoms with Crippen molar-refractivity contribution < 1.29 is 4.79 Å². The van der Waals surface area contributed by atoms with Crippen LogP contribution in [0, 0.1) is 0 Å². The van der Waals surface area contributed by atoms with E-state index in [2.05, 4.69) is 14.9 Å². The highest BCUT2D eigenvalue weighted by Crippen LogP contribution is 2.18. The molecule has 0 atom stereocenters. The van der Waals surface area contributed by atoms with E-state index in [4.69, 9.17) is 0 Å². The zero-order valence-electron chi connectivity index (χ0n) is 7.40. The molecule has 5 nitrogen and oxygen atoms in total. The summed E-state index contributed by atoms with van der Waals surface area (Å²) in [5.74, 6) is 1.57. The largest absolute Gasteiger partial charge is 0.310 e. The standard InChI is InChI=1S/C8H10N4O/c1-11-2-3-12-7(10-6-13)4-9-8(12)5-11/h4H,2-3,5H2,1H3. The van der Waals surface area contributed by atoms with Gasteiger partial charge in [0.25, 0.3) is 0 Å². The van der Waals surface area contributed by atoms with Crippen LogP contribution in [-0.4, -0.2) is 34.1 Å². The van der Waals surface area contributed by atoms with E-state index in [0.29, 0.717) is 5.82 Å². The lowest BCUT2D eigenvalue weighted by molar-refractivity contribution is 0.265. The Morgan fingerprint density at radius 2 is 2.46 bits per heavy atom. The minimum atomic E-state index is 0.609. The molecule has 1 aromatic heterocycles. The number of hydrogen-bond acceptors (Lipinski definition) is 4. The molecule has 0 saturated heterocycles. The number of fused-ring (bicyclic) bond motifs is 1. The fourth-order valence-corrected chi connectivity index (χ4v) is 1.50. The normalized spacial score (nSPS) is 16.4. The number of aliphatic imine (C=N–C) groups is 1. The maximum Gasteiger partial charge on any atom is 0.242 e. The Balaban J connectivity index is 2.38. The van der Waals surface area contributed by atoms with Crippen LogP contribution in [0.15, 0.2) is 11.2 Å². The van der Waals surface area contributed by atoms with Crippen LogP contribution >= 0.6 is 0 Å². The number of rotatable bonds is 1. The Kier molecular flexibility index (Phi) is 1.96. The molecule has 1 aromatic rings. The molecule has 5 heteroatoms. The monoisotopic (exact) mass is 178 g/mol. The van der Waals surface area contributed by atoms with Gasteiger partial charge >= 0.3 is 0 Å². The summed E-state index contributed by atoms with van der Waals surface area (Å²) in [6.45, 7) is 2.62. The van der Waals surface area contributed by atoms with Crippen molar-refractivity contribution >= 4 is 11.9 Å². The first-order valence-electron chi connectivity index (χ1n) is 4.12. The molecule has 0 aromatic carbocycles. The average Bonchev–Trinajstić information content (AvgIpc) is 2.49. The van der Waals surface area contributed by atoms with Crippen LogP contribution in [0.25, 0.3) is 0 Å². The Hall–Kier alpha value is -1.45. The lowest BCUT2D eigenvalue weighted by atomic mass is 10.4. The molecule has 0 radical (unpaired) electrons. The predicted molar refractivity (Wildman–Crippen MR) is 46.3 cm³/mol. The van der Waals surface area contributed by atoms with E-state index >= 15 is 0 Å². The summed E-state index contributed by atoms with van der Waals surface area (Å²) in [6, 6.07) is 0. The van der Waals surface area contributed by atoms with Crippen molar-refractivity contribution in [2.45, 2.75) is 13.1 Å². The maximum atomic E-state index is 10.1. The molecule has 0 saturated carbocycles. The molecule has 2 rings (SSSR count). The zero-order valence-corrected chi connectivity index (χ0v) is 7.40. The van der Waals surface area contributed by atoms with E-state index < -0.39 is 0 Å². The van der Waals surface area contributed by atoms with Crippen LogP contribution in [0.4, 0.5) is 5.82 Å². The Morgan fingerprint density at radius 1 is 1.62 bits per heavy atom. The first-order chi connectivity index (χ1) is 6.31. The van der Waals surface area contributed by atoms with E-state index in [1.165, 1.54) is 6.08 Å². The van der Waals surface area contributed by atoms with Crippen LogP contribution in [0.5, 0.6) is 0 Å². The Labute approximate surface area is 75.7 Å². The number of aromatic nitrogens is 2. The summed E-state index contributed by atoms with van der Waals surface area (Å²) >= 11 is 0. The molecule has 68 valence electrons. The molecule has 0 aliphatic carbocycles. The fourth-order valence-electron chi connectivity index (χ4n) is 1.50. The molecule has 0 N–H and O–H groups in total. The molecule has 13 heavy (non-hydrogen) atoms. The van der Waals surface area contributed by atoms with E-state index in [0.717, 1.165) is 25.5 Å². The van der Waals surface area contributed by atoms with Gasteiger partial charge < -0.3 is 4.57 Å². The predicted octanol–water partition coefficient (Wildman–Crippen LogP) is 0.296. The molecule has 0 spiro atoms. The van der Waals surface area contributed by atoms with Crippen LogP contribution in [0.3, 0.4) is 0 Å². The van der Waals surface area contributed by atoms with Crippen molar-refractivity contribution in [3.8, 4) is 0 Å². The molecule has 0 fully saturated rings. The van der Waals surface area contributed by atoms with Gasteiger partial charge in [0.2, 0.25) is 6.08 Å². The van der Waals surface area contributed by atoms with Gasteiger partial charge in [-0.1, -0.05) is 0 Å². The second-order valence-corrected chi connectivity index (χ2v) is 3.13. The van der Waals surface area contributed by atoms with Crippen molar-refractivity contribution in [3.05, 3.63) is 12.0 Å². The number of carbonyl (C=O) groups excluding carboxylic acids is 1. The van der Waals surface area contributed by atoms with Gasteiger partial charge in [-0.05, 0) is 7.05 Å². The number of likely N-dealkylation sites (N-methyl/N-ethyl adjacent to an activating group) is 1. The van der Waals surface area contributed by atoms with Crippen LogP contribution in [0.2, 0.25) is 0 Å². The third-order valence-electron chi connectivity index (χ3n) is 2.19. The molecule has 0 bridgehead atoms. The lowest BCUT2D eigenvalue weighted by Crippen LogP contribution is -2.30. The quantitative estimate of drug-likeness (QED) is 0.459. The highest BCUT2D eigenvalue weighted by atomic mass is 16.1. The average molecular weight is 178 g/mol. The Morgan fingerprint density at radius 3 is 3.23 bits per heavy atom. The summed E-state index contributed by atoms with van der Waals surface area (Å²) in [5.41, 5.74) is 0. The van der Waals surface area contributed by atoms with Crippen molar-refractivity contribution in [1.82, 2.24) is 14.5 Å². The van der Waals surface area contributed by atoms with Crippen LogP contribution < -0.4 is 0 Å². The Bertz CT molecular complexity index is 364. The molecule has 0 amide bonds. The zero-order chi connectivity index (χ0) is 9.26. The molecule has 0 unspecified atom stereocenters. The summed E-state index contributed by atoms with van der Waals surface area (Å²) in [7, 11) is 2.04. The molecule has 2 heterocycles. The van der Waals surface area contributed by atoms with Crippen molar-refractivity contribution in [3.63, 3.8) is 0 Å². The highest BCUT2D eigenvalue weighted by Gasteiger charge is 2.16. The molecule has 1 aliphatic heterocycles. The van der Waals surface area contributed by atoms with E-state index in [1.54, 1.807) is 6.20 Å². The summed E-state index contributed by atoms with van der Waals surface area (Å²) in [6.07, 6.45) is 3.14. The second kappa shape index (κ2) is 3.12. The third-order valence-corrected chi connectivity index (χ3v) is 2.19. The number of isocyanates is 1. The smallest absolute Gasteiger partial charge is 0.242 e. The number of hydrogen-bond donors (Lipinski definition) is 0. The first-order valence-corrected chi connectivity index (χ1v) is 4.12. The summed E-state index contributed by atoms with van der Waals surface area (Å²) in [4.78, 5) is 20.0. The minimum Gasteiger partial charge on any atom is -0.310 e. The van der Waals surface area contributed by atoms with Crippen LogP contribution in [-0.2, 0) is 17.9 Å². The van der Waals surface area contributed by atoms with Crippen molar-refractivity contribution in [2.75, 3.05) is 13.6 Å². The van der Waals surface area contributed by atoms with Crippen molar-refractivity contribution in [2.24, 2.45) is 4.99 Å².